The molecule has 17 heavy (non-hydrogen) atoms. The minimum absolute atomic E-state index is 0.158. The lowest BCUT2D eigenvalue weighted by molar-refractivity contribution is -0.145. The number of Topliss-reactive ketones (excluding diaryl/α,β-unsaturated/α-hetero) is 1. The number of aromatic nitrogens is 2. The summed E-state index contributed by atoms with van der Waals surface area (Å²) in [5.74, 6) is -0.406. The van der Waals surface area contributed by atoms with Gasteiger partial charge in [0, 0.05) is 0 Å². The molecule has 8 heteroatoms. The van der Waals surface area contributed by atoms with Gasteiger partial charge in [0.1, 0.15) is 6.42 Å². The maximum Gasteiger partial charge on any atom is 0.313 e. The maximum absolute atomic E-state index is 11.4. The summed E-state index contributed by atoms with van der Waals surface area (Å²) in [5.41, 5.74) is 0. The molecule has 1 aromatic rings. The Morgan fingerprint density at radius 2 is 2.06 bits per heavy atom. The zero-order chi connectivity index (χ0) is 12.7. The van der Waals surface area contributed by atoms with Gasteiger partial charge in [0.15, 0.2) is 14.5 Å². The molecule has 0 aromatic carbocycles. The lowest BCUT2D eigenvalue weighted by Gasteiger charge is -1.99. The van der Waals surface area contributed by atoms with Gasteiger partial charge >= 0.3 is 5.97 Å². The summed E-state index contributed by atoms with van der Waals surface area (Å²) in [4.78, 5) is 22.4. The lowest BCUT2D eigenvalue weighted by atomic mass is 10.3. The van der Waals surface area contributed by atoms with Gasteiger partial charge in [-0.25, -0.2) is 0 Å². The normalized spacial score (nSPS) is 10.2. The molecule has 0 saturated carbocycles. The van der Waals surface area contributed by atoms with Crippen LogP contribution >= 0.6 is 34.9 Å². The van der Waals surface area contributed by atoms with E-state index in [-0.39, 0.29) is 18.0 Å². The van der Waals surface area contributed by atoms with Gasteiger partial charge in [0.2, 0.25) is 0 Å². The smallest absolute Gasteiger partial charge is 0.313 e. The number of hydrogen-bond donors (Lipinski definition) is 0. The Bertz CT molecular complexity index is 395. The number of nitrogens with zero attached hydrogens (tertiary/aromatic N) is 2. The fourth-order valence-corrected chi connectivity index (χ4v) is 3.20. The van der Waals surface area contributed by atoms with Crippen molar-refractivity contribution in [3.05, 3.63) is 0 Å². The lowest BCUT2D eigenvalue weighted by Crippen LogP contribution is -2.12. The largest absolute Gasteiger partial charge is 0.466 e. The first kappa shape index (κ1) is 14.5. The zero-order valence-corrected chi connectivity index (χ0v) is 11.9. The molecular formula is C9H12N2O3S3. The van der Waals surface area contributed by atoms with E-state index in [1.165, 1.54) is 34.9 Å². The molecule has 0 aliphatic carbocycles. The zero-order valence-electron chi connectivity index (χ0n) is 9.47. The second kappa shape index (κ2) is 7.67. The van der Waals surface area contributed by atoms with Crippen molar-refractivity contribution in [2.45, 2.75) is 22.0 Å². The highest BCUT2D eigenvalue weighted by Gasteiger charge is 2.12. The standard InChI is InChI=1S/C9H12N2O3S3/c1-3-14-7(13)4-6(12)5-16-9-11-10-8(15-2)17-9/h3-5H2,1-2H3. The highest BCUT2D eigenvalue weighted by Crippen LogP contribution is 2.27. The predicted octanol–water partition coefficient (Wildman–Crippen LogP) is 1.87. The van der Waals surface area contributed by atoms with Gasteiger partial charge in [-0.05, 0) is 13.2 Å². The van der Waals surface area contributed by atoms with Crippen molar-refractivity contribution in [3.63, 3.8) is 0 Å². The van der Waals surface area contributed by atoms with Crippen molar-refractivity contribution in [3.8, 4) is 0 Å². The van der Waals surface area contributed by atoms with Crippen LogP contribution in [0.15, 0.2) is 8.68 Å². The number of esters is 1. The van der Waals surface area contributed by atoms with E-state index in [0.29, 0.717) is 6.61 Å². The molecule has 0 saturated heterocycles. The average Bonchev–Trinajstić information content (AvgIpc) is 2.74. The Balaban J connectivity index is 2.30. The van der Waals surface area contributed by atoms with Gasteiger partial charge in [0.25, 0.3) is 0 Å². The number of carbonyl (C=O) groups is 2. The van der Waals surface area contributed by atoms with Gasteiger partial charge in [-0.1, -0.05) is 34.9 Å². The van der Waals surface area contributed by atoms with Crippen molar-refractivity contribution in [2.24, 2.45) is 0 Å². The predicted molar refractivity (Wildman–Crippen MR) is 68.7 cm³/mol. The van der Waals surface area contributed by atoms with Crippen molar-refractivity contribution in [1.29, 1.82) is 0 Å². The van der Waals surface area contributed by atoms with Gasteiger partial charge in [-0.2, -0.15) is 0 Å². The van der Waals surface area contributed by atoms with Gasteiger partial charge < -0.3 is 4.74 Å². The first-order chi connectivity index (χ1) is 8.15. The molecule has 0 spiro atoms. The summed E-state index contributed by atoms with van der Waals surface area (Å²) >= 11 is 4.25. The van der Waals surface area contributed by atoms with E-state index in [1.807, 2.05) is 6.26 Å². The van der Waals surface area contributed by atoms with Crippen LogP contribution in [0.5, 0.6) is 0 Å². The van der Waals surface area contributed by atoms with Crippen molar-refractivity contribution in [1.82, 2.24) is 10.2 Å². The number of hydrogen-bond acceptors (Lipinski definition) is 8. The summed E-state index contributed by atoms with van der Waals surface area (Å²) in [6.45, 7) is 2.01. The first-order valence-electron chi connectivity index (χ1n) is 4.83. The van der Waals surface area contributed by atoms with Crippen LogP contribution < -0.4 is 0 Å². The van der Waals surface area contributed by atoms with Crippen LogP contribution in [0.3, 0.4) is 0 Å². The number of thioether (sulfide) groups is 2. The van der Waals surface area contributed by atoms with E-state index in [1.54, 1.807) is 6.92 Å². The van der Waals surface area contributed by atoms with E-state index in [0.717, 1.165) is 8.68 Å². The Kier molecular flexibility index (Phi) is 6.53. The quantitative estimate of drug-likeness (QED) is 0.431. The van der Waals surface area contributed by atoms with Gasteiger partial charge in [-0.3, -0.25) is 9.59 Å². The molecular weight excluding hydrogens is 280 g/mol. The third-order valence-corrected chi connectivity index (χ3v) is 4.66. The number of ketones is 1. The van der Waals surface area contributed by atoms with E-state index >= 15 is 0 Å². The fraction of sp³-hybridized carbons (Fsp3) is 0.556. The van der Waals surface area contributed by atoms with Gasteiger partial charge in [-0.15, -0.1) is 10.2 Å². The van der Waals surface area contributed by atoms with Crippen LogP contribution in [-0.4, -0.2) is 40.6 Å². The van der Waals surface area contributed by atoms with Crippen LogP contribution in [0.1, 0.15) is 13.3 Å². The summed E-state index contributed by atoms with van der Waals surface area (Å²) in [6.07, 6.45) is 1.75. The number of ether oxygens (including phenoxy) is 1. The van der Waals surface area contributed by atoms with Crippen LogP contribution in [0.25, 0.3) is 0 Å². The van der Waals surface area contributed by atoms with E-state index in [9.17, 15) is 9.59 Å². The molecule has 0 aliphatic heterocycles. The molecule has 0 fully saturated rings. The minimum Gasteiger partial charge on any atom is -0.466 e. The summed E-state index contributed by atoms with van der Waals surface area (Å²) in [7, 11) is 0. The average molecular weight is 292 g/mol. The van der Waals surface area contributed by atoms with Crippen molar-refractivity contribution >= 4 is 46.6 Å². The van der Waals surface area contributed by atoms with Crippen LogP contribution in [0.2, 0.25) is 0 Å². The van der Waals surface area contributed by atoms with E-state index in [4.69, 9.17) is 0 Å². The van der Waals surface area contributed by atoms with Crippen LogP contribution in [-0.2, 0) is 14.3 Å². The molecule has 1 aromatic heterocycles. The Morgan fingerprint density at radius 3 is 2.65 bits per heavy atom. The Labute approximate surface area is 112 Å². The third kappa shape index (κ3) is 5.51. The number of rotatable bonds is 7. The molecule has 0 bridgehead atoms. The highest BCUT2D eigenvalue weighted by molar-refractivity contribution is 8.03. The second-order valence-electron chi connectivity index (χ2n) is 2.85. The third-order valence-electron chi connectivity index (χ3n) is 1.57. The Morgan fingerprint density at radius 1 is 1.35 bits per heavy atom. The molecule has 94 valence electrons. The fourth-order valence-electron chi connectivity index (χ4n) is 0.904. The van der Waals surface area contributed by atoms with Gasteiger partial charge in [0.05, 0.1) is 12.4 Å². The molecule has 0 radical (unpaired) electrons. The van der Waals surface area contributed by atoms with Crippen LogP contribution in [0, 0.1) is 0 Å². The molecule has 0 unspecified atom stereocenters. The summed E-state index contributed by atoms with van der Waals surface area (Å²) in [6, 6.07) is 0. The monoisotopic (exact) mass is 292 g/mol. The SMILES string of the molecule is CCOC(=O)CC(=O)CSc1nnc(SC)s1. The highest BCUT2D eigenvalue weighted by atomic mass is 32.2. The topological polar surface area (TPSA) is 69.2 Å². The molecule has 0 amide bonds. The molecule has 0 N–H and O–H groups in total. The summed E-state index contributed by atoms with van der Waals surface area (Å²) in [5, 5.41) is 7.83. The second-order valence-corrected chi connectivity index (χ2v) is 6.10. The van der Waals surface area contributed by atoms with E-state index < -0.39 is 5.97 Å². The maximum atomic E-state index is 11.4. The minimum atomic E-state index is -0.472. The molecule has 0 aliphatic rings. The molecule has 1 heterocycles. The molecule has 5 nitrogen and oxygen atoms in total. The van der Waals surface area contributed by atoms with Crippen LogP contribution in [0.4, 0.5) is 0 Å². The van der Waals surface area contributed by atoms with Crippen molar-refractivity contribution < 1.29 is 14.3 Å². The number of carbonyl (C=O) groups excluding carboxylic acids is 2. The summed E-state index contributed by atoms with van der Waals surface area (Å²) < 4.78 is 6.30. The van der Waals surface area contributed by atoms with E-state index in [2.05, 4.69) is 14.9 Å². The molecule has 0 atom stereocenters. The molecule has 1 rings (SSSR count). The Hall–Kier alpha value is -0.600. The first-order valence-corrected chi connectivity index (χ1v) is 7.86. The van der Waals surface area contributed by atoms with Crippen molar-refractivity contribution in [2.75, 3.05) is 18.6 Å².